The molecule has 1 amide bonds. The van der Waals surface area contributed by atoms with Crippen LogP contribution in [0.4, 0.5) is 0 Å². The Morgan fingerprint density at radius 1 is 1.69 bits per heavy atom. The van der Waals surface area contributed by atoms with Crippen molar-refractivity contribution in [2.75, 3.05) is 39.9 Å². The first kappa shape index (κ1) is 12.7. The fourth-order valence-electron chi connectivity index (χ4n) is 1.46. The van der Waals surface area contributed by atoms with Gasteiger partial charge < -0.3 is 15.0 Å². The van der Waals surface area contributed by atoms with Crippen LogP contribution in [0.5, 0.6) is 0 Å². The molecular formula is C9H19N5O2. The fourth-order valence-corrected chi connectivity index (χ4v) is 1.46. The van der Waals surface area contributed by atoms with E-state index in [2.05, 4.69) is 15.7 Å². The first-order chi connectivity index (χ1) is 7.77. The molecule has 4 N–H and O–H groups in total. The lowest BCUT2D eigenvalue weighted by Crippen LogP contribution is -2.46. The van der Waals surface area contributed by atoms with Crippen LogP contribution in [-0.2, 0) is 9.53 Å². The highest BCUT2D eigenvalue weighted by Gasteiger charge is 2.15. The molecule has 0 bridgehead atoms. The smallest absolute Gasteiger partial charge is 0.221 e. The van der Waals surface area contributed by atoms with Crippen molar-refractivity contribution in [3.05, 3.63) is 0 Å². The number of aliphatic imine (C=N–C) groups is 1. The maximum Gasteiger partial charge on any atom is 0.221 e. The van der Waals surface area contributed by atoms with E-state index in [1.165, 1.54) is 0 Å². The molecule has 1 heterocycles. The third kappa shape index (κ3) is 4.03. The SMILES string of the molecule is COCCN=C(NN)N1CCNC(=O)CC1. The summed E-state index contributed by atoms with van der Waals surface area (Å²) in [6.07, 6.45) is 0.463. The highest BCUT2D eigenvalue weighted by Crippen LogP contribution is 1.97. The van der Waals surface area contributed by atoms with Crippen molar-refractivity contribution in [3.63, 3.8) is 0 Å². The summed E-state index contributed by atoms with van der Waals surface area (Å²) in [4.78, 5) is 17.4. The van der Waals surface area contributed by atoms with Gasteiger partial charge >= 0.3 is 0 Å². The number of nitrogens with zero attached hydrogens (tertiary/aromatic N) is 2. The minimum absolute atomic E-state index is 0.0655. The number of nitrogens with two attached hydrogens (primary N) is 1. The van der Waals surface area contributed by atoms with Gasteiger partial charge in [-0.2, -0.15) is 0 Å². The number of ether oxygens (including phenoxy) is 1. The Labute approximate surface area is 95.0 Å². The van der Waals surface area contributed by atoms with Crippen molar-refractivity contribution in [1.82, 2.24) is 15.6 Å². The van der Waals surface area contributed by atoms with Gasteiger partial charge in [0.15, 0.2) is 0 Å². The van der Waals surface area contributed by atoms with Gasteiger partial charge in [0.2, 0.25) is 11.9 Å². The molecule has 0 saturated carbocycles. The molecule has 1 aliphatic rings. The van der Waals surface area contributed by atoms with E-state index in [0.717, 1.165) is 0 Å². The number of hydrogen-bond acceptors (Lipinski definition) is 4. The Morgan fingerprint density at radius 3 is 3.19 bits per heavy atom. The van der Waals surface area contributed by atoms with Crippen LogP contribution in [0.2, 0.25) is 0 Å². The number of rotatable bonds is 3. The van der Waals surface area contributed by atoms with Crippen molar-refractivity contribution >= 4 is 11.9 Å². The number of carbonyl (C=O) groups is 1. The van der Waals surface area contributed by atoms with Crippen LogP contribution >= 0.6 is 0 Å². The average Bonchev–Trinajstić information content (AvgIpc) is 2.50. The summed E-state index contributed by atoms with van der Waals surface area (Å²) in [5.41, 5.74) is 2.55. The minimum Gasteiger partial charge on any atom is -0.383 e. The summed E-state index contributed by atoms with van der Waals surface area (Å²) in [5, 5.41) is 2.79. The van der Waals surface area contributed by atoms with Crippen LogP contribution in [0.1, 0.15) is 6.42 Å². The second-order valence-corrected chi connectivity index (χ2v) is 3.43. The van der Waals surface area contributed by atoms with Gasteiger partial charge in [-0.25, -0.2) is 10.8 Å². The van der Waals surface area contributed by atoms with Gasteiger partial charge in [0.25, 0.3) is 0 Å². The van der Waals surface area contributed by atoms with E-state index < -0.39 is 0 Å². The molecule has 0 spiro atoms. The maximum atomic E-state index is 11.2. The molecule has 0 aromatic carbocycles. The van der Waals surface area contributed by atoms with Gasteiger partial charge in [0.1, 0.15) is 0 Å². The van der Waals surface area contributed by atoms with Crippen molar-refractivity contribution in [2.24, 2.45) is 10.8 Å². The molecule has 1 fully saturated rings. The number of methoxy groups -OCH3 is 1. The molecule has 7 nitrogen and oxygen atoms in total. The molecule has 0 unspecified atom stereocenters. The van der Waals surface area contributed by atoms with Crippen molar-refractivity contribution in [3.8, 4) is 0 Å². The summed E-state index contributed by atoms with van der Waals surface area (Å²) in [6.45, 7) is 3.05. The van der Waals surface area contributed by atoms with Crippen LogP contribution in [0.25, 0.3) is 0 Å². The van der Waals surface area contributed by atoms with Gasteiger partial charge in [-0.15, -0.1) is 0 Å². The maximum absolute atomic E-state index is 11.2. The van der Waals surface area contributed by atoms with E-state index in [4.69, 9.17) is 10.6 Å². The molecule has 92 valence electrons. The summed E-state index contributed by atoms with van der Waals surface area (Å²) in [6, 6.07) is 0. The molecule has 0 atom stereocenters. The zero-order chi connectivity index (χ0) is 11.8. The molecule has 0 aromatic rings. The zero-order valence-electron chi connectivity index (χ0n) is 9.53. The lowest BCUT2D eigenvalue weighted by Gasteiger charge is -2.22. The molecule has 0 aromatic heterocycles. The van der Waals surface area contributed by atoms with Gasteiger partial charge in [-0.05, 0) is 0 Å². The summed E-state index contributed by atoms with van der Waals surface area (Å²) >= 11 is 0. The van der Waals surface area contributed by atoms with Gasteiger partial charge in [0.05, 0.1) is 13.2 Å². The van der Waals surface area contributed by atoms with E-state index in [1.807, 2.05) is 4.90 Å². The average molecular weight is 229 g/mol. The van der Waals surface area contributed by atoms with Crippen LogP contribution in [0.3, 0.4) is 0 Å². The molecule has 0 radical (unpaired) electrons. The number of guanidine groups is 1. The topological polar surface area (TPSA) is 92.0 Å². The Morgan fingerprint density at radius 2 is 2.50 bits per heavy atom. The third-order valence-electron chi connectivity index (χ3n) is 2.30. The Hall–Kier alpha value is -1.34. The van der Waals surface area contributed by atoms with Crippen molar-refractivity contribution in [1.29, 1.82) is 0 Å². The largest absolute Gasteiger partial charge is 0.383 e. The summed E-state index contributed by atoms with van der Waals surface area (Å²) in [7, 11) is 1.62. The fraction of sp³-hybridized carbons (Fsp3) is 0.778. The van der Waals surface area contributed by atoms with E-state index in [-0.39, 0.29) is 5.91 Å². The van der Waals surface area contributed by atoms with E-state index in [0.29, 0.717) is 45.2 Å². The summed E-state index contributed by atoms with van der Waals surface area (Å²) < 4.78 is 4.91. The van der Waals surface area contributed by atoms with E-state index in [9.17, 15) is 4.79 Å². The predicted molar refractivity (Wildman–Crippen MR) is 60.7 cm³/mol. The van der Waals surface area contributed by atoms with Crippen molar-refractivity contribution < 1.29 is 9.53 Å². The number of carbonyl (C=O) groups excluding carboxylic acids is 1. The minimum atomic E-state index is 0.0655. The van der Waals surface area contributed by atoms with E-state index >= 15 is 0 Å². The van der Waals surface area contributed by atoms with Crippen LogP contribution < -0.4 is 16.6 Å². The Bertz CT molecular complexity index is 256. The number of hydrogen-bond donors (Lipinski definition) is 3. The monoisotopic (exact) mass is 229 g/mol. The zero-order valence-corrected chi connectivity index (χ0v) is 9.53. The summed E-state index contributed by atoms with van der Waals surface area (Å²) in [5.74, 6) is 6.07. The van der Waals surface area contributed by atoms with Crippen LogP contribution in [0, 0.1) is 0 Å². The first-order valence-corrected chi connectivity index (χ1v) is 5.29. The Kier molecular flexibility index (Phi) is 5.58. The third-order valence-corrected chi connectivity index (χ3v) is 2.30. The normalized spacial score (nSPS) is 18.0. The van der Waals surface area contributed by atoms with Crippen molar-refractivity contribution in [2.45, 2.75) is 6.42 Å². The van der Waals surface area contributed by atoms with Gasteiger partial charge in [-0.1, -0.05) is 0 Å². The molecule has 1 saturated heterocycles. The Balaban J connectivity index is 2.50. The number of nitrogens with one attached hydrogen (secondary N) is 2. The second-order valence-electron chi connectivity index (χ2n) is 3.43. The number of hydrazine groups is 1. The molecule has 1 rings (SSSR count). The highest BCUT2D eigenvalue weighted by atomic mass is 16.5. The van der Waals surface area contributed by atoms with E-state index in [1.54, 1.807) is 7.11 Å². The quantitative estimate of drug-likeness (QED) is 0.176. The van der Waals surface area contributed by atoms with Crippen LogP contribution in [0.15, 0.2) is 4.99 Å². The second kappa shape index (κ2) is 7.02. The molecule has 7 heteroatoms. The number of amides is 1. The molecule has 0 aliphatic carbocycles. The lowest BCUT2D eigenvalue weighted by atomic mass is 10.4. The lowest BCUT2D eigenvalue weighted by molar-refractivity contribution is -0.120. The van der Waals surface area contributed by atoms with Gasteiger partial charge in [0, 0.05) is 33.2 Å². The van der Waals surface area contributed by atoms with Gasteiger partial charge in [-0.3, -0.25) is 10.2 Å². The van der Waals surface area contributed by atoms with Crippen LogP contribution in [-0.4, -0.2) is 56.7 Å². The first-order valence-electron chi connectivity index (χ1n) is 5.29. The standard InChI is InChI=1S/C9H19N5O2/c1-16-7-4-12-9(13-10)14-5-2-8(15)11-3-6-14/h2-7,10H2,1H3,(H,11,15)(H,12,13). The predicted octanol–water partition coefficient (Wildman–Crippen LogP) is -1.73. The highest BCUT2D eigenvalue weighted by molar-refractivity contribution is 5.81. The molecule has 16 heavy (non-hydrogen) atoms. The molecule has 1 aliphatic heterocycles. The molecular weight excluding hydrogens is 210 g/mol.